The highest BCUT2D eigenvalue weighted by Gasteiger charge is 2.27. The second kappa shape index (κ2) is 10.3. The van der Waals surface area contributed by atoms with Crippen LogP contribution in [0.4, 0.5) is 0 Å². The largest absolute Gasteiger partial charge is 0.495 e. The maximum Gasteiger partial charge on any atom is 0.338 e. The van der Waals surface area contributed by atoms with E-state index in [4.69, 9.17) is 9.47 Å². The topological polar surface area (TPSA) is 90.0 Å². The van der Waals surface area contributed by atoms with Gasteiger partial charge in [-0.3, -0.25) is 4.79 Å². The molecular weight excluding hydrogens is 430 g/mol. The minimum absolute atomic E-state index is 0.0253. The Hall–Kier alpha value is -2.71. The molecule has 0 saturated carbocycles. The lowest BCUT2D eigenvalue weighted by molar-refractivity contribution is 0.0474. The van der Waals surface area contributed by atoms with Crippen LogP contribution in [0.2, 0.25) is 0 Å². The molecule has 2 aromatic carbocycles. The van der Waals surface area contributed by atoms with E-state index in [0.717, 1.165) is 22.3 Å². The molecular formula is C24H31NO6S. The van der Waals surface area contributed by atoms with Gasteiger partial charge in [0.25, 0.3) is 0 Å². The van der Waals surface area contributed by atoms with Gasteiger partial charge in [0.1, 0.15) is 10.6 Å². The predicted octanol–water partition coefficient (Wildman–Crippen LogP) is 4.00. The van der Waals surface area contributed by atoms with Gasteiger partial charge in [0.05, 0.1) is 12.7 Å². The lowest BCUT2D eigenvalue weighted by Crippen LogP contribution is -2.31. The molecule has 0 spiro atoms. The summed E-state index contributed by atoms with van der Waals surface area (Å²) < 4.78 is 37.6. The molecule has 0 aliphatic carbocycles. The van der Waals surface area contributed by atoms with E-state index >= 15 is 0 Å². The summed E-state index contributed by atoms with van der Waals surface area (Å²) in [5.41, 5.74) is 4.53. The molecule has 0 saturated heterocycles. The molecule has 174 valence electrons. The molecule has 0 radical (unpaired) electrons. The number of esters is 1. The number of hydrogen-bond acceptors (Lipinski definition) is 6. The molecule has 0 unspecified atom stereocenters. The summed E-state index contributed by atoms with van der Waals surface area (Å²) in [5, 5.41) is 0. The first kappa shape index (κ1) is 25.5. The van der Waals surface area contributed by atoms with Crippen molar-refractivity contribution in [3.8, 4) is 5.75 Å². The van der Waals surface area contributed by atoms with Crippen LogP contribution >= 0.6 is 0 Å². The van der Waals surface area contributed by atoms with E-state index in [1.165, 1.54) is 29.6 Å². The number of methoxy groups -OCH3 is 1. The van der Waals surface area contributed by atoms with Gasteiger partial charge in [0, 0.05) is 18.7 Å². The number of hydrogen-bond donors (Lipinski definition) is 0. The Balaban J connectivity index is 2.29. The first-order valence-electron chi connectivity index (χ1n) is 10.4. The Morgan fingerprint density at radius 2 is 1.56 bits per heavy atom. The minimum atomic E-state index is -3.86. The van der Waals surface area contributed by atoms with Crippen LogP contribution in [0, 0.1) is 27.7 Å². The Kier molecular flexibility index (Phi) is 8.20. The summed E-state index contributed by atoms with van der Waals surface area (Å²) in [6.07, 6.45) is 0. The summed E-state index contributed by atoms with van der Waals surface area (Å²) in [7, 11) is -2.50. The van der Waals surface area contributed by atoms with E-state index < -0.39 is 22.6 Å². The van der Waals surface area contributed by atoms with Gasteiger partial charge in [-0.1, -0.05) is 13.8 Å². The van der Waals surface area contributed by atoms with Crippen molar-refractivity contribution < 1.29 is 27.5 Å². The first-order valence-corrected chi connectivity index (χ1v) is 11.9. The number of ether oxygens (including phenoxy) is 2. The summed E-state index contributed by atoms with van der Waals surface area (Å²) >= 11 is 0. The predicted molar refractivity (Wildman–Crippen MR) is 123 cm³/mol. The van der Waals surface area contributed by atoms with Gasteiger partial charge < -0.3 is 9.47 Å². The van der Waals surface area contributed by atoms with Gasteiger partial charge in [0.15, 0.2) is 6.61 Å². The van der Waals surface area contributed by atoms with Crippen molar-refractivity contribution >= 4 is 21.8 Å². The maximum atomic E-state index is 13.0. The smallest absolute Gasteiger partial charge is 0.338 e. The molecule has 0 aliphatic heterocycles. The van der Waals surface area contributed by atoms with Gasteiger partial charge in [-0.15, -0.1) is 0 Å². The average Bonchev–Trinajstić information content (AvgIpc) is 2.78. The van der Waals surface area contributed by atoms with E-state index in [0.29, 0.717) is 5.56 Å². The first-order chi connectivity index (χ1) is 15.0. The van der Waals surface area contributed by atoms with Gasteiger partial charge >= 0.3 is 5.97 Å². The highest BCUT2D eigenvalue weighted by molar-refractivity contribution is 7.89. The maximum absolute atomic E-state index is 13.0. The van der Waals surface area contributed by atoms with Crippen molar-refractivity contribution in [2.45, 2.75) is 46.4 Å². The molecule has 0 bridgehead atoms. The number of rotatable bonds is 9. The molecule has 0 heterocycles. The van der Waals surface area contributed by atoms with Crippen LogP contribution < -0.4 is 4.74 Å². The van der Waals surface area contributed by atoms with Crippen molar-refractivity contribution in [1.82, 2.24) is 4.31 Å². The standard InChI is InChI=1S/C24H31NO6S/c1-8-25(9-2)32(28,29)23-13-19(10-11-22(23)30-7)24(27)31-14-21(26)20-12-15(3)16(4)17(5)18(20)6/h10-13H,8-9,14H2,1-7H3. The molecule has 2 aromatic rings. The Labute approximate surface area is 190 Å². The van der Waals surface area contributed by atoms with Crippen molar-refractivity contribution in [2.75, 3.05) is 26.8 Å². The number of benzene rings is 2. The van der Waals surface area contributed by atoms with E-state index in [1.807, 2.05) is 27.7 Å². The van der Waals surface area contributed by atoms with E-state index in [9.17, 15) is 18.0 Å². The van der Waals surface area contributed by atoms with E-state index in [2.05, 4.69) is 0 Å². The Bertz CT molecular complexity index is 1130. The van der Waals surface area contributed by atoms with Gasteiger partial charge in [-0.25, -0.2) is 13.2 Å². The van der Waals surface area contributed by atoms with Crippen LogP contribution in [0.25, 0.3) is 0 Å². The monoisotopic (exact) mass is 461 g/mol. The molecule has 0 atom stereocenters. The van der Waals surface area contributed by atoms with Crippen LogP contribution in [0.5, 0.6) is 5.75 Å². The van der Waals surface area contributed by atoms with Crippen LogP contribution in [-0.4, -0.2) is 51.3 Å². The SMILES string of the molecule is CCN(CC)S(=O)(=O)c1cc(C(=O)OCC(=O)c2cc(C)c(C)c(C)c2C)ccc1OC. The molecule has 0 fully saturated rings. The summed E-state index contributed by atoms with van der Waals surface area (Å²) in [6, 6.07) is 5.85. The lowest BCUT2D eigenvalue weighted by atomic mass is 9.93. The van der Waals surface area contributed by atoms with Crippen LogP contribution in [0.3, 0.4) is 0 Å². The molecule has 0 N–H and O–H groups in total. The molecule has 8 heteroatoms. The number of Topliss-reactive ketones (excluding diaryl/α,β-unsaturated/α-hetero) is 1. The molecule has 2 rings (SSSR count). The molecule has 0 aliphatic rings. The Morgan fingerprint density at radius 1 is 0.938 bits per heavy atom. The third kappa shape index (κ3) is 5.02. The number of nitrogens with zero attached hydrogens (tertiary/aromatic N) is 1. The van der Waals surface area contributed by atoms with Crippen molar-refractivity contribution in [1.29, 1.82) is 0 Å². The summed E-state index contributed by atoms with van der Waals surface area (Å²) in [6.45, 7) is 11.3. The van der Waals surface area contributed by atoms with E-state index in [-0.39, 0.29) is 35.1 Å². The fourth-order valence-corrected chi connectivity index (χ4v) is 5.14. The second-order valence-corrected chi connectivity index (χ2v) is 9.48. The number of carbonyl (C=O) groups is 2. The summed E-state index contributed by atoms with van der Waals surface area (Å²) in [5.74, 6) is -0.965. The third-order valence-electron chi connectivity index (χ3n) is 5.84. The van der Waals surface area contributed by atoms with Gasteiger partial charge in [-0.05, 0) is 74.2 Å². The summed E-state index contributed by atoms with van der Waals surface area (Å²) in [4.78, 5) is 25.2. The highest BCUT2D eigenvalue weighted by Crippen LogP contribution is 2.28. The van der Waals surface area contributed by atoms with Crippen LogP contribution in [-0.2, 0) is 14.8 Å². The van der Waals surface area contributed by atoms with Crippen LogP contribution in [0.15, 0.2) is 29.2 Å². The molecule has 32 heavy (non-hydrogen) atoms. The average molecular weight is 462 g/mol. The minimum Gasteiger partial charge on any atom is -0.495 e. The number of carbonyl (C=O) groups excluding carboxylic acids is 2. The zero-order valence-corrected chi connectivity index (χ0v) is 20.6. The fraction of sp³-hybridized carbons (Fsp3) is 0.417. The number of ketones is 1. The molecule has 0 aromatic heterocycles. The lowest BCUT2D eigenvalue weighted by Gasteiger charge is -2.20. The van der Waals surface area contributed by atoms with Gasteiger partial charge in [0.2, 0.25) is 15.8 Å². The normalized spacial score (nSPS) is 11.5. The van der Waals surface area contributed by atoms with Crippen molar-refractivity contribution in [3.05, 3.63) is 57.6 Å². The second-order valence-electron chi connectivity index (χ2n) is 7.57. The number of aryl methyl sites for hydroxylation is 1. The van der Waals surface area contributed by atoms with Gasteiger partial charge in [-0.2, -0.15) is 4.31 Å². The Morgan fingerprint density at radius 3 is 2.12 bits per heavy atom. The van der Waals surface area contributed by atoms with Crippen LogP contribution in [0.1, 0.15) is 56.8 Å². The zero-order valence-electron chi connectivity index (χ0n) is 19.7. The third-order valence-corrected chi connectivity index (χ3v) is 7.91. The highest BCUT2D eigenvalue weighted by atomic mass is 32.2. The molecule has 0 amide bonds. The van der Waals surface area contributed by atoms with Crippen molar-refractivity contribution in [2.24, 2.45) is 0 Å². The number of sulfonamides is 1. The molecule has 7 nitrogen and oxygen atoms in total. The van der Waals surface area contributed by atoms with Crippen molar-refractivity contribution in [3.63, 3.8) is 0 Å². The zero-order chi connectivity index (χ0) is 24.2. The van der Waals surface area contributed by atoms with E-state index in [1.54, 1.807) is 19.9 Å². The fourth-order valence-electron chi connectivity index (χ4n) is 3.50. The quantitative estimate of drug-likeness (QED) is 0.414.